The summed E-state index contributed by atoms with van der Waals surface area (Å²) >= 11 is 0. The summed E-state index contributed by atoms with van der Waals surface area (Å²) in [5.74, 6) is -4.00. The number of amidine groups is 1. The molecule has 1 heterocycles. The van der Waals surface area contributed by atoms with E-state index in [9.17, 15) is 32.3 Å². The number of hydrogen-bond acceptors (Lipinski definition) is 8. The molecule has 2 aromatic rings. The number of esters is 1. The first-order valence-corrected chi connectivity index (χ1v) is 12.9. The molecular weight excluding hydrogens is 559 g/mol. The van der Waals surface area contributed by atoms with Gasteiger partial charge in [-0.25, -0.2) is 4.79 Å². The lowest BCUT2D eigenvalue weighted by atomic mass is 9.83. The molecule has 2 aromatic carbocycles. The molecule has 2 N–H and O–H groups in total. The smallest absolute Gasteiger partial charge is 0.490 e. The molecule has 0 saturated carbocycles. The zero-order valence-electron chi connectivity index (χ0n) is 24.1. The number of hydrogen-bond donors (Lipinski definition) is 2. The van der Waals surface area contributed by atoms with Gasteiger partial charge in [-0.1, -0.05) is 20.8 Å². The van der Waals surface area contributed by atoms with Crippen molar-refractivity contribution < 1.29 is 46.6 Å². The molecular formula is C29H32F3N3O7. The van der Waals surface area contributed by atoms with Gasteiger partial charge in [-0.2, -0.15) is 13.2 Å². The molecule has 0 radical (unpaired) electrons. The van der Waals surface area contributed by atoms with Crippen molar-refractivity contribution in [2.24, 2.45) is 0 Å². The van der Waals surface area contributed by atoms with E-state index in [2.05, 4.69) is 10.1 Å². The van der Waals surface area contributed by atoms with Gasteiger partial charge in [-0.3, -0.25) is 19.8 Å². The predicted molar refractivity (Wildman–Crippen MR) is 146 cm³/mol. The number of ketones is 2. The Labute approximate surface area is 240 Å². The second-order valence-electron chi connectivity index (χ2n) is 10.5. The minimum atomic E-state index is -5.28. The van der Waals surface area contributed by atoms with Crippen molar-refractivity contribution in [1.82, 2.24) is 10.2 Å². The van der Waals surface area contributed by atoms with E-state index in [1.165, 1.54) is 37.3 Å². The van der Waals surface area contributed by atoms with Gasteiger partial charge >= 0.3 is 12.1 Å². The highest BCUT2D eigenvalue weighted by atomic mass is 19.4. The topological polar surface area (TPSA) is 135 Å². The fourth-order valence-electron chi connectivity index (χ4n) is 4.48. The zero-order valence-corrected chi connectivity index (χ0v) is 24.1. The van der Waals surface area contributed by atoms with Crippen LogP contribution in [0.1, 0.15) is 75.5 Å². The molecule has 3 rings (SSSR count). The molecule has 0 atom stereocenters. The molecule has 0 spiro atoms. The highest BCUT2D eigenvalue weighted by molar-refractivity contribution is 6.09. The van der Waals surface area contributed by atoms with Crippen LogP contribution in [0.3, 0.4) is 0 Å². The molecule has 0 fully saturated rings. The number of methoxy groups -OCH3 is 1. The van der Waals surface area contributed by atoms with Crippen LogP contribution in [-0.4, -0.2) is 74.3 Å². The third-order valence-corrected chi connectivity index (χ3v) is 6.53. The second-order valence-corrected chi connectivity index (χ2v) is 10.5. The molecule has 1 amide bonds. The van der Waals surface area contributed by atoms with Crippen LogP contribution < -0.4 is 14.8 Å². The third-order valence-electron chi connectivity index (χ3n) is 6.53. The van der Waals surface area contributed by atoms with Crippen LogP contribution >= 0.6 is 0 Å². The fourth-order valence-corrected chi connectivity index (χ4v) is 4.48. The van der Waals surface area contributed by atoms with Crippen molar-refractivity contribution in [3.63, 3.8) is 0 Å². The van der Waals surface area contributed by atoms with Crippen LogP contribution in [0, 0.1) is 5.41 Å². The van der Waals surface area contributed by atoms with Crippen molar-refractivity contribution in [1.29, 1.82) is 5.41 Å². The predicted octanol–water partition coefficient (Wildman–Crippen LogP) is 4.06. The Kier molecular flexibility index (Phi) is 9.33. The number of nitrogens with one attached hydrogen (secondary N) is 2. The lowest BCUT2D eigenvalue weighted by Gasteiger charge is -2.25. The van der Waals surface area contributed by atoms with Crippen LogP contribution in [-0.2, 0) is 21.5 Å². The first-order chi connectivity index (χ1) is 19.5. The Morgan fingerprint density at radius 1 is 1.02 bits per heavy atom. The van der Waals surface area contributed by atoms with Gasteiger partial charge in [0.05, 0.1) is 31.4 Å². The quantitative estimate of drug-likeness (QED) is 0.312. The van der Waals surface area contributed by atoms with Crippen molar-refractivity contribution >= 4 is 29.3 Å². The zero-order chi connectivity index (χ0) is 31.6. The lowest BCUT2D eigenvalue weighted by Crippen LogP contribution is -2.31. The van der Waals surface area contributed by atoms with E-state index in [1.807, 2.05) is 0 Å². The minimum Gasteiger partial charge on any atom is -0.496 e. The van der Waals surface area contributed by atoms with E-state index in [1.54, 1.807) is 33.8 Å². The number of amides is 1. The lowest BCUT2D eigenvalue weighted by molar-refractivity contribution is -0.198. The van der Waals surface area contributed by atoms with Crippen LogP contribution in [0.4, 0.5) is 13.2 Å². The molecule has 1 aliphatic heterocycles. The maximum Gasteiger partial charge on any atom is 0.490 e. The summed E-state index contributed by atoms with van der Waals surface area (Å²) in [6.07, 6.45) is -5.28. The largest absolute Gasteiger partial charge is 0.496 e. The maximum absolute atomic E-state index is 13.5. The Bertz CT molecular complexity index is 1450. The first-order valence-electron chi connectivity index (χ1n) is 12.9. The summed E-state index contributed by atoms with van der Waals surface area (Å²) in [5.41, 5.74) is 0.972. The summed E-state index contributed by atoms with van der Waals surface area (Å²) < 4.78 is 53.0. The summed E-state index contributed by atoms with van der Waals surface area (Å²) in [4.78, 5) is 51.5. The molecule has 13 heteroatoms. The van der Waals surface area contributed by atoms with Gasteiger partial charge in [0, 0.05) is 30.3 Å². The number of ether oxygens (including phenoxy) is 3. The van der Waals surface area contributed by atoms with Gasteiger partial charge in [-0.15, -0.1) is 0 Å². The van der Waals surface area contributed by atoms with Crippen LogP contribution in [0.5, 0.6) is 11.5 Å². The molecule has 0 unspecified atom stereocenters. The van der Waals surface area contributed by atoms with E-state index in [0.717, 1.165) is 0 Å². The van der Waals surface area contributed by atoms with Gasteiger partial charge in [0.25, 0.3) is 5.91 Å². The van der Waals surface area contributed by atoms with Gasteiger partial charge in [0.15, 0.2) is 12.4 Å². The number of Topliss-reactive ketones (excluding diaryl/α,β-unsaturated/α-hetero) is 2. The summed E-state index contributed by atoms with van der Waals surface area (Å²) in [5, 5.41) is 11.2. The third kappa shape index (κ3) is 6.72. The molecule has 10 nitrogen and oxygen atoms in total. The number of nitrogens with zero attached hydrogens (tertiary/aromatic N) is 1. The molecule has 226 valence electrons. The highest BCUT2D eigenvalue weighted by Crippen LogP contribution is 2.36. The number of alkyl halides is 3. The maximum atomic E-state index is 13.5. The standard InChI is InChI=1S/C29H32F3N3O7/c1-7-41-23-10-16-12-35(25(33)17(16)11-19(23)26(38)34-5)13-21(36)15-8-18(22(37)14-42-27(39)29(30,31)32)24(40-6)20(9-15)28(2,3)4/h8-11,33H,7,12-14H2,1-6H3,(H,34,38). The number of fused-ring (bicyclic) bond motifs is 1. The van der Waals surface area contributed by atoms with E-state index < -0.39 is 41.6 Å². The van der Waals surface area contributed by atoms with Crippen LogP contribution in [0.25, 0.3) is 0 Å². The van der Waals surface area contributed by atoms with Crippen LogP contribution in [0.2, 0.25) is 0 Å². The fraction of sp³-hybridized carbons (Fsp3) is 0.414. The van der Waals surface area contributed by atoms with Crippen LogP contribution in [0.15, 0.2) is 24.3 Å². The molecule has 0 aliphatic carbocycles. The monoisotopic (exact) mass is 591 g/mol. The Morgan fingerprint density at radius 2 is 1.69 bits per heavy atom. The Morgan fingerprint density at radius 3 is 2.24 bits per heavy atom. The molecule has 0 bridgehead atoms. The van der Waals surface area contributed by atoms with Crippen molar-refractivity contribution in [3.8, 4) is 11.5 Å². The summed E-state index contributed by atoms with van der Waals surface area (Å²) in [6, 6.07) is 5.91. The van der Waals surface area contributed by atoms with Crippen molar-refractivity contribution in [2.45, 2.75) is 45.8 Å². The van der Waals surface area contributed by atoms with E-state index in [4.69, 9.17) is 14.9 Å². The Hall–Kier alpha value is -4.42. The minimum absolute atomic E-state index is 0.00599. The first kappa shape index (κ1) is 32.1. The average molecular weight is 592 g/mol. The number of carbonyl (C=O) groups excluding carboxylic acids is 4. The Balaban J connectivity index is 1.95. The van der Waals surface area contributed by atoms with E-state index >= 15 is 0 Å². The summed E-state index contributed by atoms with van der Waals surface area (Å²) in [6.45, 7) is 6.16. The number of rotatable bonds is 10. The van der Waals surface area contributed by atoms with Gasteiger partial charge in [-0.05, 0) is 42.2 Å². The van der Waals surface area contributed by atoms with Gasteiger partial charge in [0.2, 0.25) is 5.78 Å². The number of carbonyl (C=O) groups is 4. The number of halogens is 3. The normalized spacial score (nSPS) is 13.0. The summed E-state index contributed by atoms with van der Waals surface area (Å²) in [7, 11) is 2.75. The molecule has 0 aromatic heterocycles. The average Bonchev–Trinajstić information content (AvgIpc) is 3.22. The van der Waals surface area contributed by atoms with Gasteiger partial charge in [0.1, 0.15) is 17.3 Å². The van der Waals surface area contributed by atoms with E-state index in [0.29, 0.717) is 29.0 Å². The van der Waals surface area contributed by atoms with E-state index in [-0.39, 0.29) is 41.4 Å². The van der Waals surface area contributed by atoms with Gasteiger partial charge < -0.3 is 24.4 Å². The van der Waals surface area contributed by atoms with Crippen molar-refractivity contribution in [3.05, 3.63) is 57.6 Å². The second kappa shape index (κ2) is 12.2. The number of benzene rings is 2. The molecule has 42 heavy (non-hydrogen) atoms. The molecule has 1 aliphatic rings. The molecule has 0 saturated heterocycles. The highest BCUT2D eigenvalue weighted by Gasteiger charge is 2.41. The van der Waals surface area contributed by atoms with Crippen molar-refractivity contribution in [2.75, 3.05) is 33.9 Å². The SMILES string of the molecule is CCOc1cc2c(cc1C(=O)NC)C(=N)N(CC(=O)c1cc(C(=O)COC(=O)C(F)(F)F)c(OC)c(C(C)(C)C)c1)C2.